The number of hydrogen-bond acceptors (Lipinski definition) is 5. The number of methoxy groups -OCH3 is 2. The van der Waals surface area contributed by atoms with Gasteiger partial charge in [0, 0.05) is 18.9 Å². The second-order valence-corrected chi connectivity index (χ2v) is 3.68. The van der Waals surface area contributed by atoms with Gasteiger partial charge in [-0.1, -0.05) is 0 Å². The van der Waals surface area contributed by atoms with Gasteiger partial charge < -0.3 is 9.47 Å². The van der Waals surface area contributed by atoms with Crippen LogP contribution in [0.5, 0.6) is 0 Å². The van der Waals surface area contributed by atoms with Crippen LogP contribution < -0.4 is 0 Å². The molecule has 78 valence electrons. The van der Waals surface area contributed by atoms with E-state index < -0.39 is 0 Å². The lowest BCUT2D eigenvalue weighted by molar-refractivity contribution is -0.140. The highest BCUT2D eigenvalue weighted by molar-refractivity contribution is 7.09. The van der Waals surface area contributed by atoms with Gasteiger partial charge in [-0.25, -0.2) is 4.98 Å². The second kappa shape index (κ2) is 5.72. The number of hydrogen-bond donors (Lipinski definition) is 0. The molecule has 0 unspecified atom stereocenters. The van der Waals surface area contributed by atoms with Crippen LogP contribution in [0, 0.1) is 0 Å². The molecule has 4 nitrogen and oxygen atoms in total. The summed E-state index contributed by atoms with van der Waals surface area (Å²) in [5, 5.41) is 2.88. The van der Waals surface area contributed by atoms with E-state index in [9.17, 15) is 4.79 Å². The molecule has 0 saturated heterocycles. The first-order valence-corrected chi connectivity index (χ1v) is 5.13. The maximum absolute atomic E-state index is 10.8. The van der Waals surface area contributed by atoms with E-state index in [0.717, 1.165) is 10.7 Å². The average molecular weight is 215 g/mol. The van der Waals surface area contributed by atoms with Crippen LogP contribution in [0.2, 0.25) is 0 Å². The van der Waals surface area contributed by atoms with Crippen LogP contribution in [-0.4, -0.2) is 25.2 Å². The molecule has 0 spiro atoms. The fraction of sp³-hybridized carbons (Fsp3) is 0.556. The minimum atomic E-state index is -0.203. The van der Waals surface area contributed by atoms with E-state index in [4.69, 9.17) is 4.74 Å². The van der Waals surface area contributed by atoms with E-state index in [1.807, 2.05) is 5.38 Å². The summed E-state index contributed by atoms with van der Waals surface area (Å²) in [7, 11) is 3.02. The summed E-state index contributed by atoms with van der Waals surface area (Å²) in [5.74, 6) is -0.203. The number of aryl methyl sites for hydroxylation is 1. The van der Waals surface area contributed by atoms with Crippen molar-refractivity contribution < 1.29 is 14.3 Å². The number of carbonyl (C=O) groups excluding carboxylic acids is 1. The number of thiazole rings is 1. The van der Waals surface area contributed by atoms with Gasteiger partial charge in [0.05, 0.1) is 25.8 Å². The van der Waals surface area contributed by atoms with Gasteiger partial charge in [-0.15, -0.1) is 11.3 Å². The predicted molar refractivity (Wildman–Crippen MR) is 53.2 cm³/mol. The van der Waals surface area contributed by atoms with Crippen LogP contribution in [-0.2, 0) is 27.3 Å². The van der Waals surface area contributed by atoms with Gasteiger partial charge >= 0.3 is 5.97 Å². The number of esters is 1. The fourth-order valence-corrected chi connectivity index (χ4v) is 1.78. The largest absolute Gasteiger partial charge is 0.469 e. The molecule has 0 fully saturated rings. The van der Waals surface area contributed by atoms with Gasteiger partial charge in [-0.05, 0) is 0 Å². The summed E-state index contributed by atoms with van der Waals surface area (Å²) in [6.07, 6.45) is 1.01. The number of aromatic nitrogens is 1. The quantitative estimate of drug-likeness (QED) is 0.696. The molecule has 0 aliphatic heterocycles. The lowest BCUT2D eigenvalue weighted by atomic mass is 10.2. The topological polar surface area (TPSA) is 48.4 Å². The minimum absolute atomic E-state index is 0.203. The normalized spacial score (nSPS) is 10.1. The molecule has 0 saturated carbocycles. The summed E-state index contributed by atoms with van der Waals surface area (Å²) in [5.41, 5.74) is 0.924. The monoisotopic (exact) mass is 215 g/mol. The van der Waals surface area contributed by atoms with Crippen molar-refractivity contribution in [2.75, 3.05) is 14.2 Å². The summed E-state index contributed by atoms with van der Waals surface area (Å²) < 4.78 is 9.48. The molecule has 0 aromatic carbocycles. The van der Waals surface area contributed by atoms with E-state index in [0.29, 0.717) is 19.4 Å². The van der Waals surface area contributed by atoms with Crippen LogP contribution in [0.1, 0.15) is 17.1 Å². The molecule has 1 aromatic rings. The van der Waals surface area contributed by atoms with Crippen LogP contribution in [0.25, 0.3) is 0 Å². The summed E-state index contributed by atoms with van der Waals surface area (Å²) >= 11 is 1.55. The minimum Gasteiger partial charge on any atom is -0.469 e. The van der Waals surface area contributed by atoms with E-state index in [2.05, 4.69) is 9.72 Å². The van der Waals surface area contributed by atoms with E-state index in [-0.39, 0.29) is 5.97 Å². The van der Waals surface area contributed by atoms with E-state index >= 15 is 0 Å². The van der Waals surface area contributed by atoms with E-state index in [1.165, 1.54) is 7.11 Å². The molecule has 0 atom stereocenters. The van der Waals surface area contributed by atoms with E-state index in [1.54, 1.807) is 18.4 Å². The molecule has 0 radical (unpaired) electrons. The Morgan fingerprint density at radius 1 is 1.57 bits per heavy atom. The Labute approximate surface area is 86.9 Å². The Morgan fingerprint density at radius 3 is 3.00 bits per heavy atom. The van der Waals surface area contributed by atoms with Crippen molar-refractivity contribution >= 4 is 17.3 Å². The first kappa shape index (κ1) is 11.1. The van der Waals surface area contributed by atoms with Crippen molar-refractivity contribution in [1.82, 2.24) is 4.98 Å². The average Bonchev–Trinajstić information content (AvgIpc) is 2.63. The summed E-state index contributed by atoms with van der Waals surface area (Å²) in [6.45, 7) is 0.531. The molecule has 0 aliphatic carbocycles. The maximum atomic E-state index is 10.8. The first-order chi connectivity index (χ1) is 6.76. The zero-order valence-electron chi connectivity index (χ0n) is 8.28. The number of carbonyl (C=O) groups is 1. The first-order valence-electron chi connectivity index (χ1n) is 4.25. The smallest absolute Gasteiger partial charge is 0.305 e. The van der Waals surface area contributed by atoms with Gasteiger partial charge in [0.1, 0.15) is 5.01 Å². The molecular formula is C9H13NO3S. The van der Waals surface area contributed by atoms with Gasteiger partial charge in [0.2, 0.25) is 0 Å². The Morgan fingerprint density at radius 2 is 2.36 bits per heavy atom. The molecule has 0 aliphatic rings. The third-order valence-electron chi connectivity index (χ3n) is 1.68. The molecule has 0 N–H and O–H groups in total. The molecular weight excluding hydrogens is 202 g/mol. The lowest BCUT2D eigenvalue weighted by Gasteiger charge is -1.95. The fourth-order valence-electron chi connectivity index (χ4n) is 0.986. The molecule has 1 rings (SSSR count). The third kappa shape index (κ3) is 3.43. The molecule has 5 heteroatoms. The number of rotatable bonds is 5. The zero-order valence-corrected chi connectivity index (χ0v) is 9.10. The summed E-state index contributed by atoms with van der Waals surface area (Å²) in [6, 6.07) is 0. The Hall–Kier alpha value is -0.940. The van der Waals surface area contributed by atoms with Crippen molar-refractivity contribution in [3.05, 3.63) is 16.1 Å². The Bertz CT molecular complexity index is 298. The zero-order chi connectivity index (χ0) is 10.4. The molecule has 0 bridgehead atoms. The Kier molecular flexibility index (Phi) is 4.55. The van der Waals surface area contributed by atoms with Crippen molar-refractivity contribution in [3.63, 3.8) is 0 Å². The van der Waals surface area contributed by atoms with Gasteiger partial charge in [0.15, 0.2) is 0 Å². The number of ether oxygens (including phenoxy) is 2. The highest BCUT2D eigenvalue weighted by Gasteiger charge is 2.05. The van der Waals surface area contributed by atoms with Crippen molar-refractivity contribution in [2.24, 2.45) is 0 Å². The van der Waals surface area contributed by atoms with Crippen molar-refractivity contribution in [1.29, 1.82) is 0 Å². The lowest BCUT2D eigenvalue weighted by Crippen LogP contribution is -2.02. The maximum Gasteiger partial charge on any atom is 0.305 e. The highest BCUT2D eigenvalue weighted by atomic mass is 32.1. The number of nitrogens with zero attached hydrogens (tertiary/aromatic N) is 1. The van der Waals surface area contributed by atoms with Gasteiger partial charge in [-0.2, -0.15) is 0 Å². The third-order valence-corrected chi connectivity index (χ3v) is 2.55. The molecule has 1 aromatic heterocycles. The van der Waals surface area contributed by atoms with Gasteiger partial charge in [-0.3, -0.25) is 4.79 Å². The van der Waals surface area contributed by atoms with Crippen LogP contribution >= 0.6 is 11.3 Å². The van der Waals surface area contributed by atoms with Gasteiger partial charge in [0.25, 0.3) is 0 Å². The standard InChI is InChI=1S/C9H13NO3S/c1-12-5-8-10-7(6-14-8)3-4-9(11)13-2/h6H,3-5H2,1-2H3. The molecule has 14 heavy (non-hydrogen) atoms. The summed E-state index contributed by atoms with van der Waals surface area (Å²) in [4.78, 5) is 15.1. The van der Waals surface area contributed by atoms with Crippen LogP contribution in [0.3, 0.4) is 0 Å². The van der Waals surface area contributed by atoms with Crippen LogP contribution in [0.15, 0.2) is 5.38 Å². The van der Waals surface area contributed by atoms with Crippen LogP contribution in [0.4, 0.5) is 0 Å². The second-order valence-electron chi connectivity index (χ2n) is 2.74. The SMILES string of the molecule is COCc1nc(CCC(=O)OC)cs1. The Balaban J connectivity index is 2.39. The molecule has 0 amide bonds. The van der Waals surface area contributed by atoms with Crippen molar-refractivity contribution in [2.45, 2.75) is 19.4 Å². The van der Waals surface area contributed by atoms with Crippen molar-refractivity contribution in [3.8, 4) is 0 Å². The molecule has 1 heterocycles. The predicted octanol–water partition coefficient (Wildman–Crippen LogP) is 1.40. The highest BCUT2D eigenvalue weighted by Crippen LogP contribution is 2.12.